The van der Waals surface area contributed by atoms with Crippen LogP contribution in [0, 0.1) is 0 Å². The van der Waals surface area contributed by atoms with E-state index in [9.17, 15) is 0 Å². The van der Waals surface area contributed by atoms with E-state index < -0.39 is 0 Å². The second-order valence-electron chi connectivity index (χ2n) is 5.03. The molecule has 6 nitrogen and oxygen atoms in total. The third-order valence-electron chi connectivity index (χ3n) is 2.96. The summed E-state index contributed by atoms with van der Waals surface area (Å²) in [5.74, 6) is 2.39. The molecule has 0 spiro atoms. The number of anilines is 1. The quantitative estimate of drug-likeness (QED) is 0.891. The minimum absolute atomic E-state index is 0.0733. The summed E-state index contributed by atoms with van der Waals surface area (Å²) in [4.78, 5) is 8.90. The van der Waals surface area contributed by atoms with Crippen LogP contribution in [0.2, 0.25) is 0 Å². The molecule has 0 atom stereocenters. The van der Waals surface area contributed by atoms with Gasteiger partial charge in [0.2, 0.25) is 5.88 Å². The molecule has 0 bridgehead atoms. The maximum Gasteiger partial charge on any atom is 0.239 e. The maximum absolute atomic E-state index is 5.95. The van der Waals surface area contributed by atoms with Gasteiger partial charge in [0.25, 0.3) is 0 Å². The normalized spacial score (nSPS) is 15.6. The van der Waals surface area contributed by atoms with Gasteiger partial charge in [0.1, 0.15) is 5.82 Å². The average molecular weight is 247 g/mol. The fraction of sp³-hybridized carbons (Fsp3) is 0.583. The molecule has 1 saturated carbocycles. The summed E-state index contributed by atoms with van der Waals surface area (Å²) in [7, 11) is 1.83. The summed E-state index contributed by atoms with van der Waals surface area (Å²) in [6.07, 6.45) is 2.36. The van der Waals surface area contributed by atoms with E-state index in [1.807, 2.05) is 20.9 Å². The van der Waals surface area contributed by atoms with Gasteiger partial charge >= 0.3 is 0 Å². The number of rotatable bonds is 3. The lowest BCUT2D eigenvalue weighted by molar-refractivity contribution is 0.224. The topological polar surface area (TPSA) is 78.8 Å². The zero-order chi connectivity index (χ0) is 12.9. The van der Waals surface area contributed by atoms with Gasteiger partial charge in [0.15, 0.2) is 16.9 Å². The van der Waals surface area contributed by atoms with Crippen LogP contribution in [0.3, 0.4) is 0 Å². The van der Waals surface area contributed by atoms with E-state index in [0.717, 1.165) is 24.2 Å². The van der Waals surface area contributed by atoms with Gasteiger partial charge in [-0.05, 0) is 26.7 Å². The predicted molar refractivity (Wildman–Crippen MR) is 68.5 cm³/mol. The molecule has 0 amide bonds. The van der Waals surface area contributed by atoms with Gasteiger partial charge in [-0.15, -0.1) is 0 Å². The van der Waals surface area contributed by atoms with Crippen molar-refractivity contribution in [1.29, 1.82) is 0 Å². The Labute approximate surface area is 105 Å². The molecule has 2 aromatic heterocycles. The largest absolute Gasteiger partial charge is 0.474 e. The second kappa shape index (κ2) is 3.83. The summed E-state index contributed by atoms with van der Waals surface area (Å²) < 4.78 is 7.44. The van der Waals surface area contributed by atoms with Crippen molar-refractivity contribution in [2.75, 3.05) is 5.73 Å². The molecular weight excluding hydrogens is 230 g/mol. The number of aromatic nitrogens is 4. The monoisotopic (exact) mass is 247 g/mol. The Morgan fingerprint density at radius 1 is 1.28 bits per heavy atom. The molecule has 1 aliphatic rings. The number of nitrogens with two attached hydrogens (primary N) is 1. The Hall–Kier alpha value is -1.85. The first-order chi connectivity index (χ1) is 8.56. The van der Waals surface area contributed by atoms with Crippen LogP contribution >= 0.6 is 0 Å². The molecule has 18 heavy (non-hydrogen) atoms. The predicted octanol–water partition coefficient (Wildman–Crippen LogP) is 1.61. The Balaban J connectivity index is 2.18. The summed E-state index contributed by atoms with van der Waals surface area (Å²) in [5.41, 5.74) is 7.30. The third kappa shape index (κ3) is 1.77. The summed E-state index contributed by atoms with van der Waals surface area (Å²) in [5, 5.41) is 4.33. The number of nitrogen functional groups attached to an aromatic ring is 1. The first kappa shape index (κ1) is 11.3. The molecule has 3 rings (SSSR count). The van der Waals surface area contributed by atoms with Crippen LogP contribution in [0.25, 0.3) is 11.0 Å². The van der Waals surface area contributed by atoms with Gasteiger partial charge in [-0.3, -0.25) is 0 Å². The van der Waals surface area contributed by atoms with E-state index in [2.05, 4.69) is 15.1 Å². The van der Waals surface area contributed by atoms with Crippen LogP contribution in [0.4, 0.5) is 5.82 Å². The maximum atomic E-state index is 5.95. The molecular formula is C12H17N5O. The molecule has 1 fully saturated rings. The number of nitrogens with zero attached hydrogens (tertiary/aromatic N) is 4. The lowest BCUT2D eigenvalue weighted by Crippen LogP contribution is -2.09. The van der Waals surface area contributed by atoms with Gasteiger partial charge in [-0.25, -0.2) is 14.6 Å². The van der Waals surface area contributed by atoms with E-state index in [0.29, 0.717) is 23.1 Å². The Morgan fingerprint density at radius 2 is 2.00 bits per heavy atom. The van der Waals surface area contributed by atoms with Gasteiger partial charge in [-0.1, -0.05) is 0 Å². The Morgan fingerprint density at radius 3 is 2.61 bits per heavy atom. The minimum Gasteiger partial charge on any atom is -0.474 e. The molecule has 96 valence electrons. The van der Waals surface area contributed by atoms with Crippen LogP contribution in [-0.2, 0) is 7.05 Å². The molecule has 6 heteroatoms. The molecule has 0 radical (unpaired) electrons. The van der Waals surface area contributed by atoms with Crippen molar-refractivity contribution in [3.63, 3.8) is 0 Å². The molecule has 0 saturated heterocycles. The minimum atomic E-state index is 0.0733. The Bertz CT molecular complexity index is 600. The molecule has 2 aromatic rings. The van der Waals surface area contributed by atoms with Crippen LogP contribution in [0.1, 0.15) is 38.4 Å². The van der Waals surface area contributed by atoms with E-state index in [-0.39, 0.29) is 6.10 Å². The third-order valence-corrected chi connectivity index (χ3v) is 2.96. The smallest absolute Gasteiger partial charge is 0.239 e. The van der Waals surface area contributed by atoms with E-state index in [1.54, 1.807) is 4.68 Å². The van der Waals surface area contributed by atoms with Crippen molar-refractivity contribution in [1.82, 2.24) is 19.7 Å². The fourth-order valence-corrected chi connectivity index (χ4v) is 1.97. The first-order valence-electron chi connectivity index (χ1n) is 6.23. The van der Waals surface area contributed by atoms with Crippen molar-refractivity contribution < 1.29 is 4.74 Å². The zero-order valence-corrected chi connectivity index (χ0v) is 10.8. The highest BCUT2D eigenvalue weighted by molar-refractivity contribution is 5.88. The van der Waals surface area contributed by atoms with Crippen molar-refractivity contribution in [2.45, 2.75) is 38.7 Å². The van der Waals surface area contributed by atoms with Gasteiger partial charge in [0.05, 0.1) is 6.10 Å². The van der Waals surface area contributed by atoms with Gasteiger partial charge in [-0.2, -0.15) is 5.10 Å². The van der Waals surface area contributed by atoms with Crippen molar-refractivity contribution in [3.8, 4) is 5.88 Å². The standard InChI is InChI=1S/C12H17N5O/c1-6(2)18-12-9-8(16-17(12)3)10(13)15-11(14-9)7-4-5-7/h6-7H,4-5H2,1-3H3,(H2,13,14,15). The van der Waals surface area contributed by atoms with Crippen LogP contribution in [0.5, 0.6) is 5.88 Å². The SMILES string of the molecule is CC(C)Oc1c2nc(C3CC3)nc(N)c2nn1C. The van der Waals surface area contributed by atoms with Crippen LogP contribution < -0.4 is 10.5 Å². The van der Waals surface area contributed by atoms with Gasteiger partial charge in [0, 0.05) is 13.0 Å². The number of aryl methyl sites for hydroxylation is 1. The van der Waals surface area contributed by atoms with E-state index in [4.69, 9.17) is 10.5 Å². The molecule has 0 aliphatic heterocycles. The lowest BCUT2D eigenvalue weighted by atomic mass is 10.3. The zero-order valence-electron chi connectivity index (χ0n) is 10.8. The first-order valence-corrected chi connectivity index (χ1v) is 6.23. The van der Waals surface area contributed by atoms with E-state index >= 15 is 0 Å². The molecule has 1 aliphatic carbocycles. The number of hydrogen-bond acceptors (Lipinski definition) is 5. The number of hydrogen-bond donors (Lipinski definition) is 1. The average Bonchev–Trinajstić information content (AvgIpc) is 3.08. The van der Waals surface area contributed by atoms with Crippen LogP contribution in [0.15, 0.2) is 0 Å². The van der Waals surface area contributed by atoms with Crippen molar-refractivity contribution in [3.05, 3.63) is 5.82 Å². The highest BCUT2D eigenvalue weighted by Crippen LogP contribution is 2.39. The summed E-state index contributed by atoms with van der Waals surface area (Å²) >= 11 is 0. The highest BCUT2D eigenvalue weighted by atomic mass is 16.5. The van der Waals surface area contributed by atoms with Crippen LogP contribution in [-0.4, -0.2) is 25.9 Å². The highest BCUT2D eigenvalue weighted by Gasteiger charge is 2.29. The molecule has 2 N–H and O–H groups in total. The van der Waals surface area contributed by atoms with E-state index in [1.165, 1.54) is 0 Å². The number of fused-ring (bicyclic) bond motifs is 1. The fourth-order valence-electron chi connectivity index (χ4n) is 1.97. The summed E-state index contributed by atoms with van der Waals surface area (Å²) in [6.45, 7) is 3.95. The van der Waals surface area contributed by atoms with Crippen molar-refractivity contribution in [2.24, 2.45) is 7.05 Å². The molecule has 2 heterocycles. The molecule has 0 aromatic carbocycles. The van der Waals surface area contributed by atoms with Crippen molar-refractivity contribution >= 4 is 16.9 Å². The number of ether oxygens (including phenoxy) is 1. The second-order valence-corrected chi connectivity index (χ2v) is 5.03. The lowest BCUT2D eigenvalue weighted by Gasteiger charge is -2.09. The Kier molecular flexibility index (Phi) is 2.39. The van der Waals surface area contributed by atoms with Gasteiger partial charge < -0.3 is 10.5 Å². The summed E-state index contributed by atoms with van der Waals surface area (Å²) in [6, 6.07) is 0. The molecule has 0 unspecified atom stereocenters.